The first kappa shape index (κ1) is 24.6. The van der Waals surface area contributed by atoms with Crippen molar-refractivity contribution in [1.29, 1.82) is 0 Å². The average molecular weight is 520 g/mol. The van der Waals surface area contributed by atoms with Crippen LogP contribution in [0.15, 0.2) is 29.1 Å². The second kappa shape index (κ2) is 9.63. The third kappa shape index (κ3) is 4.06. The van der Waals surface area contributed by atoms with Crippen LogP contribution < -0.4 is 16.2 Å². The number of piperidine rings is 2. The zero-order valence-corrected chi connectivity index (χ0v) is 22.3. The summed E-state index contributed by atoms with van der Waals surface area (Å²) in [6, 6.07) is 8.29. The fourth-order valence-electron chi connectivity index (χ4n) is 9.07. The molecule has 4 bridgehead atoms. The van der Waals surface area contributed by atoms with Crippen molar-refractivity contribution in [2.24, 2.45) is 17.6 Å². The first-order valence-corrected chi connectivity index (χ1v) is 15.0. The molecule has 0 radical (unpaired) electrons. The highest BCUT2D eigenvalue weighted by atomic mass is 16.4. The van der Waals surface area contributed by atoms with Gasteiger partial charge < -0.3 is 20.3 Å². The van der Waals surface area contributed by atoms with Crippen molar-refractivity contribution in [3.63, 3.8) is 0 Å². The lowest BCUT2D eigenvalue weighted by Gasteiger charge is -2.54. The predicted molar refractivity (Wildman–Crippen MR) is 147 cm³/mol. The van der Waals surface area contributed by atoms with E-state index >= 15 is 0 Å². The smallest absolute Gasteiger partial charge is 0.328 e. The van der Waals surface area contributed by atoms with Crippen molar-refractivity contribution in [3.8, 4) is 0 Å². The molecule has 2 aromatic rings. The summed E-state index contributed by atoms with van der Waals surface area (Å²) in [6.45, 7) is 0.339. The maximum Gasteiger partial charge on any atom is 0.328 e. The molecule has 3 saturated heterocycles. The number of nitrogens with zero attached hydrogens (tertiary/aromatic N) is 4. The second-order valence-electron chi connectivity index (χ2n) is 12.9. The summed E-state index contributed by atoms with van der Waals surface area (Å²) in [4.78, 5) is 35.2. The quantitative estimate of drug-likeness (QED) is 0.631. The molecule has 3 N–H and O–H groups in total. The largest absolute Gasteiger partial charge is 0.480 e. The van der Waals surface area contributed by atoms with Crippen LogP contribution in [0.4, 0.5) is 5.82 Å². The molecule has 2 saturated carbocycles. The molecule has 8 nitrogen and oxygen atoms in total. The van der Waals surface area contributed by atoms with Crippen molar-refractivity contribution in [3.05, 3.63) is 34.6 Å². The summed E-state index contributed by atoms with van der Waals surface area (Å²) in [7, 11) is 0. The number of carboxylic acid groups (broad SMARTS) is 1. The molecule has 204 valence electrons. The highest BCUT2D eigenvalue weighted by Crippen LogP contribution is 2.47. The number of hydrogen-bond acceptors (Lipinski definition) is 6. The van der Waals surface area contributed by atoms with Crippen LogP contribution in [0.1, 0.15) is 83.1 Å². The molecule has 6 atom stereocenters. The number of para-hydroxylation sites is 2. The van der Waals surface area contributed by atoms with E-state index in [4.69, 9.17) is 5.73 Å². The van der Waals surface area contributed by atoms with E-state index in [1.54, 1.807) is 4.90 Å². The van der Waals surface area contributed by atoms with Gasteiger partial charge in [0.25, 0.3) is 5.56 Å². The fourth-order valence-corrected chi connectivity index (χ4v) is 9.07. The van der Waals surface area contributed by atoms with Gasteiger partial charge in [-0.2, -0.15) is 0 Å². The molecule has 0 spiro atoms. The summed E-state index contributed by atoms with van der Waals surface area (Å²) in [5.41, 5.74) is 7.46. The topological polar surface area (TPSA) is 105 Å². The second-order valence-corrected chi connectivity index (χ2v) is 12.9. The van der Waals surface area contributed by atoms with Crippen molar-refractivity contribution in [1.82, 2.24) is 14.5 Å². The molecule has 1 aromatic carbocycles. The Kier molecular flexibility index (Phi) is 6.23. The van der Waals surface area contributed by atoms with E-state index < -0.39 is 18.1 Å². The first-order chi connectivity index (χ1) is 18.5. The Labute approximate surface area is 224 Å². The lowest BCUT2D eigenvalue weighted by Crippen LogP contribution is -2.69. The minimum Gasteiger partial charge on any atom is -0.480 e. The van der Waals surface area contributed by atoms with Gasteiger partial charge in [-0.25, -0.2) is 9.78 Å². The Bertz CT molecular complexity index is 1250. The lowest BCUT2D eigenvalue weighted by atomic mass is 9.73. The maximum absolute atomic E-state index is 14.1. The van der Waals surface area contributed by atoms with Crippen LogP contribution in [-0.2, 0) is 4.79 Å². The van der Waals surface area contributed by atoms with Crippen LogP contribution in [0.3, 0.4) is 0 Å². The number of fused-ring (bicyclic) bond motifs is 5. The third-order valence-corrected chi connectivity index (χ3v) is 10.6. The summed E-state index contributed by atoms with van der Waals surface area (Å²) >= 11 is 0. The molecule has 38 heavy (non-hydrogen) atoms. The monoisotopic (exact) mass is 519 g/mol. The molecule has 5 aliphatic rings. The van der Waals surface area contributed by atoms with E-state index in [0.717, 1.165) is 35.7 Å². The zero-order chi connectivity index (χ0) is 26.0. The third-order valence-electron chi connectivity index (χ3n) is 10.6. The van der Waals surface area contributed by atoms with E-state index in [2.05, 4.69) is 9.88 Å². The molecule has 5 fully saturated rings. The highest BCUT2D eigenvalue weighted by Gasteiger charge is 2.47. The van der Waals surface area contributed by atoms with Crippen LogP contribution in [-0.4, -0.2) is 62.3 Å². The lowest BCUT2D eigenvalue weighted by molar-refractivity contribution is -0.140. The number of carbonyl (C=O) groups is 1. The Morgan fingerprint density at radius 2 is 1.55 bits per heavy atom. The summed E-state index contributed by atoms with van der Waals surface area (Å²) in [5, 5.41) is 9.73. The summed E-state index contributed by atoms with van der Waals surface area (Å²) in [5.74, 6) is 1.04. The van der Waals surface area contributed by atoms with E-state index in [-0.39, 0.29) is 17.4 Å². The van der Waals surface area contributed by atoms with Crippen molar-refractivity contribution >= 4 is 22.8 Å². The van der Waals surface area contributed by atoms with Crippen LogP contribution in [0.5, 0.6) is 0 Å². The van der Waals surface area contributed by atoms with Gasteiger partial charge in [0.05, 0.1) is 17.1 Å². The number of aliphatic carboxylic acids is 1. The van der Waals surface area contributed by atoms with Gasteiger partial charge in [-0.1, -0.05) is 44.2 Å². The number of anilines is 1. The molecule has 2 aliphatic carbocycles. The van der Waals surface area contributed by atoms with Crippen LogP contribution in [0.25, 0.3) is 11.0 Å². The van der Waals surface area contributed by atoms with E-state index in [9.17, 15) is 14.7 Å². The number of benzene rings is 1. The Balaban J connectivity index is 1.22. The van der Waals surface area contributed by atoms with Gasteiger partial charge in [-0.15, -0.1) is 0 Å². The van der Waals surface area contributed by atoms with Crippen molar-refractivity contribution in [2.75, 3.05) is 11.4 Å². The van der Waals surface area contributed by atoms with Gasteiger partial charge in [-0.3, -0.25) is 9.69 Å². The van der Waals surface area contributed by atoms with Crippen LogP contribution >= 0.6 is 0 Å². The normalized spacial score (nSPS) is 37.4. The predicted octanol–water partition coefficient (Wildman–Crippen LogP) is 3.91. The number of nitrogens with two attached hydrogens (primary N) is 1. The number of hydrogen-bond donors (Lipinski definition) is 2. The molecular weight excluding hydrogens is 478 g/mol. The highest BCUT2D eigenvalue weighted by molar-refractivity contribution is 5.83. The summed E-state index contributed by atoms with van der Waals surface area (Å²) < 4.78 is 1.98. The van der Waals surface area contributed by atoms with E-state index in [1.807, 2.05) is 28.8 Å². The van der Waals surface area contributed by atoms with Gasteiger partial charge in [0.1, 0.15) is 6.04 Å². The molecule has 0 amide bonds. The van der Waals surface area contributed by atoms with Gasteiger partial charge in [-0.05, 0) is 68.9 Å². The Morgan fingerprint density at radius 3 is 2.21 bits per heavy atom. The van der Waals surface area contributed by atoms with Gasteiger partial charge in [0.2, 0.25) is 0 Å². The van der Waals surface area contributed by atoms with Crippen LogP contribution in [0.2, 0.25) is 0 Å². The fraction of sp³-hybridized carbons (Fsp3) is 0.700. The van der Waals surface area contributed by atoms with Gasteiger partial charge >= 0.3 is 5.97 Å². The SMILES string of the molecule is N[C@@H]1CN(c2nc3ccccc3n(C3C[C@H]4CCC[C@H](C3)N4C3CC4CCCCC(C4)C3)c2=O)[C@@H]1C(=O)O. The molecule has 7 rings (SSSR count). The standard InChI is InChI=1S/C30H41N5O3/c31-24-17-33(27(24)30(37)38)28-29(36)35(26-11-4-3-10-25(26)32-28)23-15-20-8-5-9-21(16-23)34(20)22-13-18-6-1-2-7-19(12-18)14-22/h3-4,10-11,18-24,27H,1-2,5-9,12-17,31H2,(H,37,38)/t18?,19?,20-,21-,22?,24-,27+/m1/s1. The molecule has 8 heteroatoms. The first-order valence-electron chi connectivity index (χ1n) is 15.0. The number of rotatable bonds is 4. The maximum atomic E-state index is 14.1. The molecular formula is C30H41N5O3. The number of carboxylic acids is 1. The molecule has 2 unspecified atom stereocenters. The Hall–Kier alpha value is -2.45. The minimum absolute atomic E-state index is 0.102. The molecule has 3 aliphatic heterocycles. The number of aromatic nitrogens is 2. The molecule has 1 aromatic heterocycles. The summed E-state index contributed by atoms with van der Waals surface area (Å²) in [6.07, 6.45) is 15.5. The zero-order valence-electron chi connectivity index (χ0n) is 22.3. The average Bonchev–Trinajstić information content (AvgIpc) is 3.05. The minimum atomic E-state index is -0.999. The van der Waals surface area contributed by atoms with E-state index in [1.165, 1.54) is 64.2 Å². The van der Waals surface area contributed by atoms with E-state index in [0.29, 0.717) is 24.7 Å². The van der Waals surface area contributed by atoms with Gasteiger partial charge in [0, 0.05) is 30.7 Å². The molecule has 4 heterocycles. The Morgan fingerprint density at radius 1 is 0.868 bits per heavy atom. The van der Waals surface area contributed by atoms with Crippen molar-refractivity contribution < 1.29 is 9.90 Å². The van der Waals surface area contributed by atoms with Crippen molar-refractivity contribution in [2.45, 2.75) is 113 Å². The van der Waals surface area contributed by atoms with Crippen LogP contribution in [0, 0.1) is 11.8 Å². The van der Waals surface area contributed by atoms with Gasteiger partial charge in [0.15, 0.2) is 5.82 Å².